The fourth-order valence-corrected chi connectivity index (χ4v) is 8.70. The van der Waals surface area contributed by atoms with Crippen molar-refractivity contribution in [3.63, 3.8) is 0 Å². The van der Waals surface area contributed by atoms with Crippen molar-refractivity contribution in [3.05, 3.63) is 0 Å². The van der Waals surface area contributed by atoms with Gasteiger partial charge in [0.15, 0.2) is 0 Å². The third-order valence-electron chi connectivity index (χ3n) is 11.6. The van der Waals surface area contributed by atoms with E-state index in [-0.39, 0.29) is 57.9 Å². The van der Waals surface area contributed by atoms with E-state index in [0.717, 1.165) is 89.4 Å². The molecule has 0 N–H and O–H groups in total. The predicted molar refractivity (Wildman–Crippen MR) is 170 cm³/mol. The van der Waals surface area contributed by atoms with E-state index in [2.05, 4.69) is 19.3 Å². The van der Waals surface area contributed by atoms with Gasteiger partial charge in [0.2, 0.25) is 11.8 Å². The Morgan fingerprint density at radius 3 is 0.891 bits per heavy atom. The molecule has 2 heterocycles. The summed E-state index contributed by atoms with van der Waals surface area (Å²) in [5.74, 6) is 3.48. The number of methoxy groups -OCH3 is 2. The third-order valence-corrected chi connectivity index (χ3v) is 11.6. The Morgan fingerprint density at radius 1 is 0.413 bits per heavy atom. The van der Waals surface area contributed by atoms with Crippen molar-refractivity contribution < 1.29 is 62.8 Å². The molecular weight excluding hydrogens is 668 g/mol. The summed E-state index contributed by atoms with van der Waals surface area (Å²) < 4.78 is 9.19. The summed E-state index contributed by atoms with van der Waals surface area (Å²) in [4.78, 5) is 51.1. The Balaban J connectivity index is 0.000000303. The molecule has 6 fully saturated rings. The number of esters is 2. The molecule has 0 unspecified atom stereocenters. The summed E-state index contributed by atoms with van der Waals surface area (Å²) in [6.45, 7) is 3.89. The summed E-state index contributed by atoms with van der Waals surface area (Å²) in [5, 5.41) is 0. The van der Waals surface area contributed by atoms with Crippen molar-refractivity contribution in [1.29, 1.82) is 0 Å². The number of ether oxygens (including phenoxy) is 2. The van der Waals surface area contributed by atoms with Crippen LogP contribution in [0.15, 0.2) is 0 Å². The van der Waals surface area contributed by atoms with E-state index in [1.54, 1.807) is 0 Å². The smallest absolute Gasteiger partial charge is 0.308 e. The SMILES string of the molecule is COC(=O)C1CCCC1.COC(=O)C1CCCC1.O=C(C1CCCC1)N1CCC(C2CCN(C(=O)C3CCCC3)CC2)CC1.[Fe].[Fe]. The van der Waals surface area contributed by atoms with E-state index < -0.39 is 0 Å². The van der Waals surface area contributed by atoms with Crippen LogP contribution in [-0.4, -0.2) is 74.0 Å². The summed E-state index contributed by atoms with van der Waals surface area (Å²) in [6.07, 6.45) is 23.1. The second kappa shape index (κ2) is 21.8. The van der Waals surface area contributed by atoms with Crippen LogP contribution in [0.1, 0.15) is 128 Å². The van der Waals surface area contributed by atoms with Crippen molar-refractivity contribution in [3.8, 4) is 0 Å². The average molecular weight is 729 g/mol. The number of carbonyl (C=O) groups is 4. The quantitative estimate of drug-likeness (QED) is 0.236. The Bertz CT molecular complexity index is 837. The number of carbonyl (C=O) groups excluding carboxylic acids is 4. The van der Waals surface area contributed by atoms with E-state index in [4.69, 9.17) is 0 Å². The van der Waals surface area contributed by atoms with Crippen molar-refractivity contribution >= 4 is 23.8 Å². The molecule has 6 rings (SSSR count). The second-order valence-corrected chi connectivity index (χ2v) is 14.3. The first-order valence-corrected chi connectivity index (χ1v) is 18.1. The van der Waals surface area contributed by atoms with Gasteiger partial charge in [-0.2, -0.15) is 0 Å². The summed E-state index contributed by atoms with van der Waals surface area (Å²) in [6, 6.07) is 0. The first-order valence-electron chi connectivity index (χ1n) is 18.1. The van der Waals surface area contributed by atoms with Crippen LogP contribution in [0, 0.1) is 35.5 Å². The monoisotopic (exact) mass is 728 g/mol. The molecule has 0 radical (unpaired) electrons. The minimum Gasteiger partial charge on any atom is -0.469 e. The van der Waals surface area contributed by atoms with E-state index in [1.807, 2.05) is 0 Å². The van der Waals surface area contributed by atoms with Crippen LogP contribution in [0.2, 0.25) is 0 Å². The maximum absolute atomic E-state index is 12.6. The summed E-state index contributed by atoms with van der Waals surface area (Å²) in [7, 11) is 2.92. The van der Waals surface area contributed by atoms with Crippen LogP contribution in [-0.2, 0) is 62.8 Å². The molecule has 0 aromatic carbocycles. The zero-order chi connectivity index (χ0) is 31.3. The molecule has 0 atom stereocenters. The van der Waals surface area contributed by atoms with Crippen LogP contribution in [0.3, 0.4) is 0 Å². The van der Waals surface area contributed by atoms with Crippen molar-refractivity contribution in [2.24, 2.45) is 35.5 Å². The number of likely N-dealkylation sites (tertiary alicyclic amines) is 2. The van der Waals surface area contributed by atoms with Gasteiger partial charge in [0, 0.05) is 72.2 Å². The number of amides is 2. The fourth-order valence-electron chi connectivity index (χ4n) is 8.70. The topological polar surface area (TPSA) is 93.2 Å². The molecular formula is C36H60Fe2N2O6. The zero-order valence-corrected chi connectivity index (χ0v) is 30.7. The van der Waals surface area contributed by atoms with Crippen LogP contribution in [0.25, 0.3) is 0 Å². The molecule has 8 nitrogen and oxygen atoms in total. The molecule has 2 amide bonds. The molecule has 46 heavy (non-hydrogen) atoms. The molecule has 0 spiro atoms. The molecule has 0 bridgehead atoms. The third kappa shape index (κ3) is 12.1. The van der Waals surface area contributed by atoms with E-state index in [9.17, 15) is 19.2 Å². The number of nitrogens with zero attached hydrogens (tertiary/aromatic N) is 2. The number of rotatable bonds is 5. The zero-order valence-electron chi connectivity index (χ0n) is 28.5. The second-order valence-electron chi connectivity index (χ2n) is 14.3. The molecule has 266 valence electrons. The van der Waals surface area contributed by atoms with Crippen molar-refractivity contribution in [1.82, 2.24) is 9.80 Å². The Morgan fingerprint density at radius 2 is 0.652 bits per heavy atom. The molecule has 10 heteroatoms. The number of piperidine rings is 2. The van der Waals surface area contributed by atoms with Gasteiger partial charge >= 0.3 is 11.9 Å². The summed E-state index contributed by atoms with van der Waals surface area (Å²) in [5.41, 5.74) is 0. The number of hydrogen-bond acceptors (Lipinski definition) is 6. The maximum atomic E-state index is 12.6. The molecule has 6 aliphatic rings. The Labute approximate surface area is 299 Å². The maximum Gasteiger partial charge on any atom is 0.308 e. The number of hydrogen-bond donors (Lipinski definition) is 0. The standard InChI is InChI=1S/C22H36N2O2.2C7H12O2.2Fe/c25-21(19-5-1-2-6-19)23-13-9-17(10-14-23)18-11-15-24(16-12-18)22(26)20-7-3-4-8-20;2*1-9-7(8)6-4-2-3-5-6;;/h17-20H,1-16H2;2*6H,2-5H2,1H3;;. The van der Waals surface area contributed by atoms with Crippen LogP contribution in [0.5, 0.6) is 0 Å². The Hall–Kier alpha value is -1.08. The molecule has 4 aliphatic carbocycles. The van der Waals surface area contributed by atoms with Crippen LogP contribution in [0.4, 0.5) is 0 Å². The molecule has 2 saturated heterocycles. The van der Waals surface area contributed by atoms with Gasteiger partial charge in [-0.15, -0.1) is 0 Å². The van der Waals surface area contributed by atoms with Gasteiger partial charge in [-0.1, -0.05) is 51.4 Å². The average Bonchev–Trinajstić information content (AvgIpc) is 3.92. The minimum atomic E-state index is -0.0208. The van der Waals surface area contributed by atoms with Crippen LogP contribution < -0.4 is 0 Å². The van der Waals surface area contributed by atoms with E-state index in [0.29, 0.717) is 23.7 Å². The van der Waals surface area contributed by atoms with Crippen molar-refractivity contribution in [2.75, 3.05) is 40.4 Å². The summed E-state index contributed by atoms with van der Waals surface area (Å²) >= 11 is 0. The van der Waals surface area contributed by atoms with E-state index >= 15 is 0 Å². The van der Waals surface area contributed by atoms with Gasteiger partial charge in [-0.3, -0.25) is 19.2 Å². The molecule has 2 aliphatic heterocycles. The Kier molecular flexibility index (Phi) is 19.5. The largest absolute Gasteiger partial charge is 0.469 e. The van der Waals surface area contributed by atoms with Gasteiger partial charge < -0.3 is 19.3 Å². The van der Waals surface area contributed by atoms with E-state index in [1.165, 1.54) is 91.3 Å². The molecule has 4 saturated carbocycles. The van der Waals surface area contributed by atoms with Gasteiger partial charge in [0.05, 0.1) is 26.1 Å². The first-order chi connectivity index (χ1) is 21.4. The molecule has 0 aromatic heterocycles. The molecule has 0 aromatic rings. The van der Waals surface area contributed by atoms with Gasteiger partial charge in [-0.05, 0) is 88.9 Å². The minimum absolute atomic E-state index is 0. The van der Waals surface area contributed by atoms with Crippen molar-refractivity contribution in [2.45, 2.75) is 128 Å². The first kappa shape index (κ1) is 41.1. The predicted octanol–water partition coefficient (Wildman–Crippen LogP) is 6.54. The fraction of sp³-hybridized carbons (Fsp3) is 0.889. The van der Waals surface area contributed by atoms with Gasteiger partial charge in [0.25, 0.3) is 0 Å². The van der Waals surface area contributed by atoms with Crippen LogP contribution >= 0.6 is 0 Å². The normalized spacial score (nSPS) is 23.3. The van der Waals surface area contributed by atoms with Gasteiger partial charge in [-0.25, -0.2) is 0 Å². The van der Waals surface area contributed by atoms with Gasteiger partial charge in [0.1, 0.15) is 0 Å².